The summed E-state index contributed by atoms with van der Waals surface area (Å²) in [6.45, 7) is 12.2. The van der Waals surface area contributed by atoms with Gasteiger partial charge in [-0.05, 0) is 34.1 Å². The Morgan fingerprint density at radius 3 is 1.68 bits per heavy atom. The van der Waals surface area contributed by atoms with E-state index >= 15 is 0 Å². The summed E-state index contributed by atoms with van der Waals surface area (Å²) in [6, 6.07) is 0.647. The van der Waals surface area contributed by atoms with Gasteiger partial charge in [0, 0.05) is 24.9 Å². The zero-order valence-electron chi connectivity index (χ0n) is 13.5. The molecular weight excluding hydrogens is 240 g/mol. The van der Waals surface area contributed by atoms with Crippen molar-refractivity contribution in [2.24, 2.45) is 5.73 Å². The van der Waals surface area contributed by atoms with Crippen LogP contribution < -0.4 is 5.73 Å². The smallest absolute Gasteiger partial charge is 0.223 e. The second kappa shape index (κ2) is 12.0. The molecule has 4 heteroatoms. The molecule has 0 fully saturated rings. The predicted octanol–water partition coefficient (Wildman–Crippen LogP) is 3.09. The van der Waals surface area contributed by atoms with E-state index in [0.29, 0.717) is 30.8 Å². The highest BCUT2D eigenvalue weighted by Gasteiger charge is 2.18. The number of carbonyl (C=O) groups excluding carboxylic acids is 2. The third-order valence-electron chi connectivity index (χ3n) is 2.74. The van der Waals surface area contributed by atoms with E-state index in [4.69, 9.17) is 0 Å². The first kappa shape index (κ1) is 20.3. The van der Waals surface area contributed by atoms with E-state index in [9.17, 15) is 9.59 Å². The standard InChI is InChI=1S/C12H25NO.C3H7NO/c1-6-7-8-9-12(14)13(10(2)3)11(4)5;1-2-3(4)5/h10-11H,6-9H2,1-5H3;2H2,1H3,(H2,4,5). The molecule has 2 N–H and O–H groups in total. The second-order valence-electron chi connectivity index (χ2n) is 5.27. The van der Waals surface area contributed by atoms with Gasteiger partial charge in [0.25, 0.3) is 0 Å². The Labute approximate surface area is 118 Å². The SMILES string of the molecule is CCC(N)=O.CCCCCC(=O)N(C(C)C)C(C)C. The van der Waals surface area contributed by atoms with Crippen LogP contribution in [-0.2, 0) is 9.59 Å². The number of carbonyl (C=O) groups is 2. The summed E-state index contributed by atoms with van der Waals surface area (Å²) < 4.78 is 0. The van der Waals surface area contributed by atoms with E-state index in [-0.39, 0.29) is 5.91 Å². The lowest BCUT2D eigenvalue weighted by Crippen LogP contribution is -2.41. The highest BCUT2D eigenvalue weighted by Crippen LogP contribution is 2.10. The topological polar surface area (TPSA) is 63.4 Å². The zero-order chi connectivity index (χ0) is 15.4. The van der Waals surface area contributed by atoms with Crippen LogP contribution in [0.1, 0.15) is 73.6 Å². The van der Waals surface area contributed by atoms with Crippen LogP contribution in [0.3, 0.4) is 0 Å². The number of rotatable bonds is 7. The van der Waals surface area contributed by atoms with Crippen molar-refractivity contribution in [1.29, 1.82) is 0 Å². The normalized spacial score (nSPS) is 10.1. The van der Waals surface area contributed by atoms with Crippen LogP contribution in [0, 0.1) is 0 Å². The van der Waals surface area contributed by atoms with Gasteiger partial charge in [-0.25, -0.2) is 0 Å². The first-order valence-electron chi connectivity index (χ1n) is 7.37. The monoisotopic (exact) mass is 272 g/mol. The summed E-state index contributed by atoms with van der Waals surface area (Å²) in [4.78, 5) is 23.4. The third kappa shape index (κ3) is 11.7. The van der Waals surface area contributed by atoms with Crippen LogP contribution in [-0.4, -0.2) is 28.8 Å². The van der Waals surface area contributed by atoms with E-state index in [1.54, 1.807) is 6.92 Å². The highest BCUT2D eigenvalue weighted by molar-refractivity contribution is 5.76. The molecule has 0 unspecified atom stereocenters. The molecule has 19 heavy (non-hydrogen) atoms. The lowest BCUT2D eigenvalue weighted by Gasteiger charge is -2.30. The van der Waals surface area contributed by atoms with Crippen molar-refractivity contribution in [3.05, 3.63) is 0 Å². The molecule has 0 atom stereocenters. The molecule has 0 saturated carbocycles. The molecule has 114 valence electrons. The zero-order valence-corrected chi connectivity index (χ0v) is 13.5. The Morgan fingerprint density at radius 2 is 1.42 bits per heavy atom. The molecule has 0 aliphatic rings. The van der Waals surface area contributed by atoms with Crippen molar-refractivity contribution in [2.75, 3.05) is 0 Å². The van der Waals surface area contributed by atoms with Gasteiger partial charge in [-0.2, -0.15) is 0 Å². The van der Waals surface area contributed by atoms with Crippen LogP contribution in [0.15, 0.2) is 0 Å². The summed E-state index contributed by atoms with van der Waals surface area (Å²) in [5.41, 5.74) is 4.65. The minimum absolute atomic E-state index is 0.245. The van der Waals surface area contributed by atoms with Crippen molar-refractivity contribution in [3.8, 4) is 0 Å². The van der Waals surface area contributed by atoms with Crippen molar-refractivity contribution in [3.63, 3.8) is 0 Å². The molecule has 0 aromatic carbocycles. The van der Waals surface area contributed by atoms with Crippen molar-refractivity contribution >= 4 is 11.8 Å². The average Bonchev–Trinajstić information content (AvgIpc) is 2.29. The van der Waals surface area contributed by atoms with Crippen LogP contribution in [0.2, 0.25) is 0 Å². The number of amides is 2. The van der Waals surface area contributed by atoms with Crippen molar-refractivity contribution in [1.82, 2.24) is 4.90 Å². The Morgan fingerprint density at radius 1 is 1.00 bits per heavy atom. The minimum Gasteiger partial charge on any atom is -0.370 e. The molecule has 0 rings (SSSR count). The molecule has 0 spiro atoms. The molecule has 0 heterocycles. The summed E-state index contributed by atoms with van der Waals surface area (Å²) in [6.07, 6.45) is 4.53. The molecule has 0 radical (unpaired) electrons. The quantitative estimate of drug-likeness (QED) is 0.724. The van der Waals surface area contributed by atoms with Gasteiger partial charge in [0.15, 0.2) is 0 Å². The number of nitrogens with two attached hydrogens (primary N) is 1. The number of nitrogens with zero attached hydrogens (tertiary/aromatic N) is 1. The van der Waals surface area contributed by atoms with Crippen LogP contribution in [0.4, 0.5) is 0 Å². The molecule has 0 bridgehead atoms. The maximum atomic E-state index is 11.8. The Hall–Kier alpha value is -1.06. The van der Waals surface area contributed by atoms with E-state index < -0.39 is 0 Å². The minimum atomic E-state index is -0.245. The van der Waals surface area contributed by atoms with Gasteiger partial charge in [-0.15, -0.1) is 0 Å². The number of hydrogen-bond acceptors (Lipinski definition) is 2. The Balaban J connectivity index is 0. The van der Waals surface area contributed by atoms with Gasteiger partial charge in [0.2, 0.25) is 11.8 Å². The van der Waals surface area contributed by atoms with Gasteiger partial charge in [0.05, 0.1) is 0 Å². The average molecular weight is 272 g/mol. The molecule has 4 nitrogen and oxygen atoms in total. The van der Waals surface area contributed by atoms with E-state index in [2.05, 4.69) is 40.4 Å². The summed E-state index contributed by atoms with van der Waals surface area (Å²) in [7, 11) is 0. The van der Waals surface area contributed by atoms with Crippen LogP contribution in [0.25, 0.3) is 0 Å². The Bertz CT molecular complexity index is 243. The Kier molecular flexibility index (Phi) is 12.8. The summed E-state index contributed by atoms with van der Waals surface area (Å²) in [5, 5.41) is 0. The molecule has 0 aromatic heterocycles. The maximum absolute atomic E-state index is 11.8. The number of primary amides is 1. The fraction of sp³-hybridized carbons (Fsp3) is 0.867. The van der Waals surface area contributed by atoms with E-state index in [0.717, 1.165) is 12.8 Å². The first-order chi connectivity index (χ1) is 8.77. The van der Waals surface area contributed by atoms with Gasteiger partial charge in [-0.1, -0.05) is 26.7 Å². The van der Waals surface area contributed by atoms with Gasteiger partial charge in [0.1, 0.15) is 0 Å². The lowest BCUT2D eigenvalue weighted by atomic mass is 10.1. The predicted molar refractivity (Wildman–Crippen MR) is 80.7 cm³/mol. The summed E-state index contributed by atoms with van der Waals surface area (Å²) >= 11 is 0. The van der Waals surface area contributed by atoms with Crippen LogP contribution in [0.5, 0.6) is 0 Å². The van der Waals surface area contributed by atoms with Crippen molar-refractivity contribution in [2.45, 2.75) is 85.7 Å². The molecule has 0 aliphatic heterocycles. The summed E-state index contributed by atoms with van der Waals surface area (Å²) in [5.74, 6) is 0.0634. The third-order valence-corrected chi connectivity index (χ3v) is 2.74. The van der Waals surface area contributed by atoms with E-state index in [1.807, 2.05) is 4.90 Å². The molecule has 0 aliphatic carbocycles. The van der Waals surface area contributed by atoms with E-state index in [1.165, 1.54) is 6.42 Å². The second-order valence-corrected chi connectivity index (χ2v) is 5.27. The van der Waals surface area contributed by atoms with Crippen molar-refractivity contribution < 1.29 is 9.59 Å². The maximum Gasteiger partial charge on any atom is 0.223 e. The van der Waals surface area contributed by atoms with Gasteiger partial charge in [-0.3, -0.25) is 9.59 Å². The first-order valence-corrected chi connectivity index (χ1v) is 7.37. The number of hydrogen-bond donors (Lipinski definition) is 1. The van der Waals surface area contributed by atoms with Gasteiger partial charge < -0.3 is 10.6 Å². The number of unbranched alkanes of at least 4 members (excludes halogenated alkanes) is 2. The van der Waals surface area contributed by atoms with Gasteiger partial charge >= 0.3 is 0 Å². The molecule has 0 aromatic rings. The fourth-order valence-corrected chi connectivity index (χ4v) is 1.83. The molecular formula is C15H32N2O2. The molecule has 2 amide bonds. The highest BCUT2D eigenvalue weighted by atomic mass is 16.2. The lowest BCUT2D eigenvalue weighted by molar-refractivity contribution is -0.134. The van der Waals surface area contributed by atoms with Crippen LogP contribution >= 0.6 is 0 Å². The molecule has 0 saturated heterocycles. The fourth-order valence-electron chi connectivity index (χ4n) is 1.83. The largest absolute Gasteiger partial charge is 0.370 e.